The van der Waals surface area contributed by atoms with Gasteiger partial charge in [-0.25, -0.2) is 15.0 Å². The van der Waals surface area contributed by atoms with Gasteiger partial charge in [0.1, 0.15) is 0 Å². The van der Waals surface area contributed by atoms with Gasteiger partial charge in [0, 0.05) is 15.8 Å². The van der Waals surface area contributed by atoms with Gasteiger partial charge in [0.25, 0.3) is 0 Å². The number of benzene rings is 8. The Bertz CT molecular complexity index is 2840. The fourth-order valence-electron chi connectivity index (χ4n) is 7.51. The van der Waals surface area contributed by atoms with Crippen molar-refractivity contribution >= 4 is 43.0 Å². The third-order valence-corrected chi connectivity index (χ3v) is 11.1. The molecule has 0 N–H and O–H groups in total. The topological polar surface area (TPSA) is 38.7 Å². The maximum atomic E-state index is 5.06. The predicted octanol–water partition coefficient (Wildman–Crippen LogP) is 13.4. The molecule has 0 saturated carbocycles. The van der Waals surface area contributed by atoms with Crippen molar-refractivity contribution in [3.05, 3.63) is 188 Å². The third-order valence-electron chi connectivity index (χ3n) is 9.96. The van der Waals surface area contributed by atoms with Gasteiger partial charge in [0.15, 0.2) is 17.5 Å². The average Bonchev–Trinajstić information content (AvgIpc) is 3.68. The van der Waals surface area contributed by atoms with E-state index in [-0.39, 0.29) is 0 Å². The van der Waals surface area contributed by atoms with E-state index >= 15 is 0 Å². The second-order valence-electron chi connectivity index (χ2n) is 13.2. The number of hydrogen-bond donors (Lipinski definition) is 0. The molecule has 0 saturated heterocycles. The van der Waals surface area contributed by atoms with Crippen molar-refractivity contribution in [2.24, 2.45) is 0 Å². The molecule has 8 aromatic carbocycles. The molecule has 10 rings (SSSR count). The van der Waals surface area contributed by atoms with Gasteiger partial charge in [-0.15, -0.1) is 11.3 Å². The van der Waals surface area contributed by atoms with Crippen molar-refractivity contribution in [3.63, 3.8) is 0 Å². The third kappa shape index (κ3) is 5.57. The minimum absolute atomic E-state index is 0.653. The molecule has 2 heterocycles. The summed E-state index contributed by atoms with van der Waals surface area (Å²) in [6.45, 7) is 0. The lowest BCUT2D eigenvalue weighted by Gasteiger charge is -2.19. The van der Waals surface area contributed by atoms with E-state index in [1.54, 1.807) is 11.3 Å². The van der Waals surface area contributed by atoms with Gasteiger partial charge >= 0.3 is 0 Å². The Kier molecular flexibility index (Phi) is 7.67. The van der Waals surface area contributed by atoms with E-state index in [2.05, 4.69) is 170 Å². The number of thiophene rings is 1. The van der Waals surface area contributed by atoms with Crippen LogP contribution in [0.25, 0.3) is 98.5 Å². The highest BCUT2D eigenvalue weighted by molar-refractivity contribution is 7.22. The summed E-state index contributed by atoms with van der Waals surface area (Å²) >= 11 is 1.71. The zero-order chi connectivity index (χ0) is 35.1. The van der Waals surface area contributed by atoms with Crippen LogP contribution in [-0.4, -0.2) is 15.0 Å². The number of aromatic nitrogens is 3. The molecular weight excluding hydrogens is 663 g/mol. The number of rotatable bonds is 6. The molecule has 0 aliphatic heterocycles. The molecule has 248 valence electrons. The van der Waals surface area contributed by atoms with E-state index in [0.717, 1.165) is 21.6 Å². The molecule has 0 radical (unpaired) electrons. The molecule has 53 heavy (non-hydrogen) atoms. The first-order chi connectivity index (χ1) is 26.3. The van der Waals surface area contributed by atoms with E-state index in [0.29, 0.717) is 17.5 Å². The molecule has 2 aromatic heterocycles. The molecule has 0 bridgehead atoms. The fourth-order valence-corrected chi connectivity index (χ4v) is 8.51. The molecule has 4 heteroatoms. The van der Waals surface area contributed by atoms with Crippen LogP contribution < -0.4 is 0 Å². The number of fused-ring (bicyclic) bond motifs is 3. The maximum absolute atomic E-state index is 5.06. The quantitative estimate of drug-likeness (QED) is 0.163. The molecular formula is C49H31N3S. The SMILES string of the molecule is c1ccc(-c2nc(-c3ccc(-c4c5ccccc5c(-c5ccccc5-c5ccccc5)c5ccccc45)cc3)nc(-c3cc4ccccc4s3)n2)cc1. The fraction of sp³-hybridized carbons (Fsp3) is 0. The first-order valence-electron chi connectivity index (χ1n) is 17.8. The van der Waals surface area contributed by atoms with E-state index in [9.17, 15) is 0 Å². The highest BCUT2D eigenvalue weighted by atomic mass is 32.1. The first-order valence-corrected chi connectivity index (χ1v) is 18.6. The molecule has 0 aliphatic carbocycles. The zero-order valence-corrected chi connectivity index (χ0v) is 29.5. The van der Waals surface area contributed by atoms with Crippen LogP contribution in [0.5, 0.6) is 0 Å². The van der Waals surface area contributed by atoms with E-state index in [1.165, 1.54) is 59.4 Å². The van der Waals surface area contributed by atoms with Gasteiger partial charge in [0.2, 0.25) is 0 Å². The molecule has 3 nitrogen and oxygen atoms in total. The summed E-state index contributed by atoms with van der Waals surface area (Å²) < 4.78 is 1.21. The Morgan fingerprint density at radius 2 is 0.774 bits per heavy atom. The Balaban J connectivity index is 1.13. The Labute approximate surface area is 311 Å². The van der Waals surface area contributed by atoms with Crippen LogP contribution in [0.2, 0.25) is 0 Å². The molecule has 0 fully saturated rings. The summed E-state index contributed by atoms with van der Waals surface area (Å²) in [6, 6.07) is 66.6. The van der Waals surface area contributed by atoms with Gasteiger partial charge in [0.05, 0.1) is 4.88 Å². The Hall–Kier alpha value is -6.75. The highest BCUT2D eigenvalue weighted by Crippen LogP contribution is 2.46. The summed E-state index contributed by atoms with van der Waals surface area (Å²) in [7, 11) is 0. The van der Waals surface area contributed by atoms with Gasteiger partial charge in [-0.1, -0.05) is 176 Å². The second-order valence-corrected chi connectivity index (χ2v) is 14.2. The molecule has 0 atom stereocenters. The maximum Gasteiger partial charge on any atom is 0.174 e. The van der Waals surface area contributed by atoms with Crippen LogP contribution in [0.1, 0.15) is 0 Å². The van der Waals surface area contributed by atoms with Crippen LogP contribution >= 0.6 is 11.3 Å². The number of nitrogens with zero attached hydrogens (tertiary/aromatic N) is 3. The predicted molar refractivity (Wildman–Crippen MR) is 223 cm³/mol. The van der Waals surface area contributed by atoms with Crippen molar-refractivity contribution < 1.29 is 0 Å². The van der Waals surface area contributed by atoms with Gasteiger partial charge < -0.3 is 0 Å². The lowest BCUT2D eigenvalue weighted by Crippen LogP contribution is -1.99. The summed E-state index contributed by atoms with van der Waals surface area (Å²) in [5.41, 5.74) is 9.18. The minimum atomic E-state index is 0.653. The zero-order valence-electron chi connectivity index (χ0n) is 28.6. The highest BCUT2D eigenvalue weighted by Gasteiger charge is 2.19. The molecule has 0 unspecified atom stereocenters. The molecule has 10 aromatic rings. The lowest BCUT2D eigenvalue weighted by molar-refractivity contribution is 1.08. The van der Waals surface area contributed by atoms with Crippen LogP contribution in [0, 0.1) is 0 Å². The van der Waals surface area contributed by atoms with Crippen molar-refractivity contribution in [1.29, 1.82) is 0 Å². The van der Waals surface area contributed by atoms with Crippen molar-refractivity contribution in [2.45, 2.75) is 0 Å². The van der Waals surface area contributed by atoms with Crippen molar-refractivity contribution in [2.75, 3.05) is 0 Å². The Morgan fingerprint density at radius 1 is 0.321 bits per heavy atom. The van der Waals surface area contributed by atoms with E-state index in [4.69, 9.17) is 15.0 Å². The van der Waals surface area contributed by atoms with Gasteiger partial charge in [-0.05, 0) is 72.4 Å². The van der Waals surface area contributed by atoms with Crippen molar-refractivity contribution in [3.8, 4) is 66.9 Å². The monoisotopic (exact) mass is 693 g/mol. The molecule has 0 spiro atoms. The van der Waals surface area contributed by atoms with E-state index in [1.807, 2.05) is 18.2 Å². The molecule has 0 aliphatic rings. The summed E-state index contributed by atoms with van der Waals surface area (Å²) in [5.74, 6) is 2.00. The normalized spacial score (nSPS) is 11.4. The Morgan fingerprint density at radius 3 is 1.40 bits per heavy atom. The molecule has 0 amide bonds. The number of hydrogen-bond acceptors (Lipinski definition) is 4. The summed E-state index contributed by atoms with van der Waals surface area (Å²) in [4.78, 5) is 16.1. The summed E-state index contributed by atoms with van der Waals surface area (Å²) in [6.07, 6.45) is 0. The standard InChI is InChI=1S/C49H31N3S/c1-3-15-32(16-4-1)37-20-8-9-21-38(37)46-41-24-12-10-22-39(41)45(40-23-11-13-25-42(40)46)33-27-29-35(30-28-33)48-50-47(34-17-5-2-6-18-34)51-49(52-48)44-31-36-19-7-14-26-43(36)53-44/h1-31H. The second kappa shape index (κ2) is 13.1. The minimum Gasteiger partial charge on any atom is -0.208 e. The smallest absolute Gasteiger partial charge is 0.174 e. The van der Waals surface area contributed by atoms with Crippen LogP contribution in [0.3, 0.4) is 0 Å². The van der Waals surface area contributed by atoms with Crippen LogP contribution in [0.15, 0.2) is 188 Å². The summed E-state index contributed by atoms with van der Waals surface area (Å²) in [5, 5.41) is 6.08. The van der Waals surface area contributed by atoms with E-state index < -0.39 is 0 Å². The van der Waals surface area contributed by atoms with Crippen LogP contribution in [0.4, 0.5) is 0 Å². The largest absolute Gasteiger partial charge is 0.208 e. The van der Waals surface area contributed by atoms with Gasteiger partial charge in [-0.3, -0.25) is 0 Å². The van der Waals surface area contributed by atoms with Crippen molar-refractivity contribution in [1.82, 2.24) is 15.0 Å². The lowest BCUT2D eigenvalue weighted by atomic mass is 9.84. The average molecular weight is 694 g/mol. The first kappa shape index (κ1) is 31.0. The van der Waals surface area contributed by atoms with Gasteiger partial charge in [-0.2, -0.15) is 0 Å². The van der Waals surface area contributed by atoms with Crippen LogP contribution in [-0.2, 0) is 0 Å².